The Morgan fingerprint density at radius 1 is 1.20 bits per heavy atom. The van der Waals surface area contributed by atoms with E-state index >= 15 is 0 Å². The van der Waals surface area contributed by atoms with Crippen LogP contribution in [0.2, 0.25) is 0 Å². The first kappa shape index (κ1) is 18.2. The predicted octanol–water partition coefficient (Wildman–Crippen LogP) is 3.31. The number of furan rings is 1. The first-order chi connectivity index (χ1) is 14.7. The number of fused-ring (bicyclic) bond motifs is 1. The average molecular weight is 400 g/mol. The molecule has 1 aliphatic heterocycles. The summed E-state index contributed by atoms with van der Waals surface area (Å²) in [4.78, 5) is 15.2. The first-order valence-electron chi connectivity index (χ1n) is 9.93. The van der Waals surface area contributed by atoms with Crippen LogP contribution < -0.4 is 0 Å². The highest BCUT2D eigenvalue weighted by Gasteiger charge is 2.32. The zero-order chi connectivity index (χ0) is 20.7. The van der Waals surface area contributed by atoms with Crippen molar-refractivity contribution in [2.45, 2.75) is 25.7 Å². The summed E-state index contributed by atoms with van der Waals surface area (Å²) in [5.74, 6) is 1.60. The Kier molecular flexibility index (Phi) is 4.36. The molecule has 1 atom stereocenters. The lowest BCUT2D eigenvalue weighted by Gasteiger charge is -2.32. The fourth-order valence-electron chi connectivity index (χ4n) is 4.21. The van der Waals surface area contributed by atoms with Crippen LogP contribution in [0.1, 0.15) is 46.3 Å². The molecule has 1 saturated heterocycles. The van der Waals surface area contributed by atoms with Crippen LogP contribution in [0.15, 0.2) is 53.3 Å². The second kappa shape index (κ2) is 7.19. The number of aryl methyl sites for hydroxylation is 1. The summed E-state index contributed by atoms with van der Waals surface area (Å²) in [5.41, 5.74) is 1.40. The Morgan fingerprint density at radius 2 is 2.00 bits per heavy atom. The van der Waals surface area contributed by atoms with Crippen molar-refractivity contribution in [1.29, 1.82) is 5.26 Å². The zero-order valence-corrected chi connectivity index (χ0v) is 16.5. The Morgan fingerprint density at radius 3 is 2.80 bits per heavy atom. The number of hydrogen-bond acceptors (Lipinski definition) is 5. The quantitative estimate of drug-likeness (QED) is 0.526. The lowest BCUT2D eigenvalue weighted by atomic mass is 9.96. The molecule has 0 bridgehead atoms. The van der Waals surface area contributed by atoms with E-state index in [2.05, 4.69) is 16.3 Å². The largest absolute Gasteiger partial charge is 0.443 e. The monoisotopic (exact) mass is 400 g/mol. The normalized spacial score (nSPS) is 16.7. The molecule has 30 heavy (non-hydrogen) atoms. The van der Waals surface area contributed by atoms with Gasteiger partial charge in [0.1, 0.15) is 28.8 Å². The Hall–Kier alpha value is -3.86. The topological polar surface area (TPSA) is 92.4 Å². The highest BCUT2D eigenvalue weighted by Crippen LogP contribution is 2.31. The fraction of sp³-hybridized carbons (Fsp3) is 0.273. The molecule has 0 spiro atoms. The molecule has 0 radical (unpaired) electrons. The molecule has 5 heterocycles. The number of nitriles is 1. The van der Waals surface area contributed by atoms with Crippen LogP contribution in [0.3, 0.4) is 0 Å². The maximum absolute atomic E-state index is 13.4. The summed E-state index contributed by atoms with van der Waals surface area (Å²) >= 11 is 0. The molecule has 8 heteroatoms. The van der Waals surface area contributed by atoms with Crippen LogP contribution in [0.25, 0.3) is 11.5 Å². The van der Waals surface area contributed by atoms with E-state index < -0.39 is 0 Å². The van der Waals surface area contributed by atoms with Crippen molar-refractivity contribution in [3.8, 4) is 12.0 Å². The third-order valence-electron chi connectivity index (χ3n) is 5.64. The molecule has 1 unspecified atom stereocenters. The molecule has 1 fully saturated rings. The van der Waals surface area contributed by atoms with E-state index in [1.54, 1.807) is 28.8 Å². The molecular weight excluding hydrogens is 380 g/mol. The van der Waals surface area contributed by atoms with Crippen LogP contribution in [-0.2, 0) is 0 Å². The summed E-state index contributed by atoms with van der Waals surface area (Å²) < 4.78 is 9.51. The number of rotatable bonds is 3. The van der Waals surface area contributed by atoms with Crippen LogP contribution >= 0.6 is 0 Å². The van der Waals surface area contributed by atoms with Gasteiger partial charge in [0.15, 0.2) is 5.65 Å². The van der Waals surface area contributed by atoms with Crippen LogP contribution in [-0.4, -0.2) is 43.1 Å². The van der Waals surface area contributed by atoms with Crippen LogP contribution in [0.4, 0.5) is 0 Å². The summed E-state index contributed by atoms with van der Waals surface area (Å²) in [5, 5.41) is 18.4. The third kappa shape index (κ3) is 2.87. The van der Waals surface area contributed by atoms with Crippen molar-refractivity contribution < 1.29 is 9.21 Å². The van der Waals surface area contributed by atoms with E-state index in [0.717, 1.165) is 24.3 Å². The van der Waals surface area contributed by atoms with Gasteiger partial charge in [-0.3, -0.25) is 13.8 Å². The van der Waals surface area contributed by atoms with Crippen molar-refractivity contribution in [2.75, 3.05) is 13.1 Å². The lowest BCUT2D eigenvalue weighted by Crippen LogP contribution is -2.40. The van der Waals surface area contributed by atoms with Crippen molar-refractivity contribution in [3.63, 3.8) is 0 Å². The lowest BCUT2D eigenvalue weighted by molar-refractivity contribution is 0.0702. The van der Waals surface area contributed by atoms with Crippen molar-refractivity contribution >= 4 is 11.6 Å². The van der Waals surface area contributed by atoms with Gasteiger partial charge in [-0.1, -0.05) is 6.07 Å². The molecule has 1 aliphatic rings. The molecule has 1 amide bonds. The van der Waals surface area contributed by atoms with E-state index in [0.29, 0.717) is 30.3 Å². The van der Waals surface area contributed by atoms with Gasteiger partial charge in [-0.15, -0.1) is 10.2 Å². The Balaban J connectivity index is 1.46. The van der Waals surface area contributed by atoms with E-state index in [1.807, 2.05) is 40.9 Å². The number of carbonyl (C=O) groups is 1. The van der Waals surface area contributed by atoms with Gasteiger partial charge in [0.25, 0.3) is 5.91 Å². The molecule has 0 saturated carbocycles. The van der Waals surface area contributed by atoms with Crippen LogP contribution in [0.5, 0.6) is 0 Å². The predicted molar refractivity (Wildman–Crippen MR) is 108 cm³/mol. The van der Waals surface area contributed by atoms with Gasteiger partial charge in [0, 0.05) is 37.6 Å². The number of amides is 1. The second-order valence-corrected chi connectivity index (χ2v) is 7.49. The van der Waals surface area contributed by atoms with Gasteiger partial charge in [-0.25, -0.2) is 0 Å². The Labute approximate surface area is 173 Å². The number of nitrogens with zero attached hydrogens (tertiary/aromatic N) is 6. The number of hydrogen-bond donors (Lipinski definition) is 0. The van der Waals surface area contributed by atoms with Gasteiger partial charge in [-0.2, -0.15) is 5.26 Å². The molecule has 0 aliphatic carbocycles. The molecule has 0 N–H and O–H groups in total. The van der Waals surface area contributed by atoms with Gasteiger partial charge in [0.05, 0.1) is 0 Å². The van der Waals surface area contributed by atoms with Crippen molar-refractivity contribution in [3.05, 3.63) is 71.6 Å². The summed E-state index contributed by atoms with van der Waals surface area (Å²) in [7, 11) is 0. The van der Waals surface area contributed by atoms with Crippen LogP contribution in [0, 0.1) is 18.3 Å². The molecular formula is C22H20N6O2. The number of aromatic nitrogens is 4. The number of piperidine rings is 1. The van der Waals surface area contributed by atoms with E-state index in [9.17, 15) is 10.1 Å². The summed E-state index contributed by atoms with van der Waals surface area (Å²) in [6.07, 6.45) is 7.33. The molecule has 4 aromatic rings. The van der Waals surface area contributed by atoms with Crippen molar-refractivity contribution in [1.82, 2.24) is 24.1 Å². The SMILES string of the molecule is Cc1oc(-n2cccc2)c(C#N)c1C(=O)N1CCCC(c2nnc3ccccn23)C1. The standard InChI is InChI=1S/C22H20N6O2/c1-15-19(17(13-23)22(30-15)26-9-4-5-10-26)21(29)27-11-6-7-16(14-27)20-25-24-18-8-2-3-12-28(18)20/h2-5,8-10,12,16H,6-7,11,14H2,1H3. The van der Waals surface area contributed by atoms with E-state index in [4.69, 9.17) is 4.42 Å². The molecule has 8 nitrogen and oxygen atoms in total. The summed E-state index contributed by atoms with van der Waals surface area (Å²) in [6.45, 7) is 2.90. The van der Waals surface area contributed by atoms with E-state index in [1.165, 1.54) is 0 Å². The number of carbonyl (C=O) groups excluding carboxylic acids is 1. The maximum Gasteiger partial charge on any atom is 0.258 e. The maximum atomic E-state index is 13.4. The van der Waals surface area contributed by atoms with Gasteiger partial charge in [0.2, 0.25) is 5.88 Å². The smallest absolute Gasteiger partial charge is 0.258 e. The molecule has 4 aromatic heterocycles. The fourth-order valence-corrected chi connectivity index (χ4v) is 4.21. The third-order valence-corrected chi connectivity index (χ3v) is 5.64. The van der Waals surface area contributed by atoms with E-state index in [-0.39, 0.29) is 17.4 Å². The molecule has 5 rings (SSSR count). The molecule has 0 aromatic carbocycles. The highest BCUT2D eigenvalue weighted by atomic mass is 16.4. The Bertz CT molecular complexity index is 1260. The highest BCUT2D eigenvalue weighted by molar-refractivity contribution is 5.98. The minimum atomic E-state index is -0.176. The number of pyridine rings is 1. The molecule has 150 valence electrons. The average Bonchev–Trinajstić information content (AvgIpc) is 3.51. The number of likely N-dealkylation sites (tertiary alicyclic amines) is 1. The minimum absolute atomic E-state index is 0.0850. The summed E-state index contributed by atoms with van der Waals surface area (Å²) in [6, 6.07) is 11.7. The van der Waals surface area contributed by atoms with Crippen molar-refractivity contribution in [2.24, 2.45) is 0 Å². The van der Waals surface area contributed by atoms with Gasteiger partial charge >= 0.3 is 0 Å². The van der Waals surface area contributed by atoms with Gasteiger partial charge < -0.3 is 9.32 Å². The zero-order valence-electron chi connectivity index (χ0n) is 16.5. The second-order valence-electron chi connectivity index (χ2n) is 7.49. The van der Waals surface area contributed by atoms with Gasteiger partial charge in [-0.05, 0) is 44.0 Å². The first-order valence-corrected chi connectivity index (χ1v) is 9.93. The minimum Gasteiger partial charge on any atom is -0.443 e.